The zero-order valence-electron chi connectivity index (χ0n) is 18.4. The molecule has 0 N–H and O–H groups in total. The third-order valence-electron chi connectivity index (χ3n) is 5.72. The number of fused-ring (bicyclic) bond motifs is 1. The summed E-state index contributed by atoms with van der Waals surface area (Å²) >= 11 is 0. The summed E-state index contributed by atoms with van der Waals surface area (Å²) in [7, 11) is 0. The van der Waals surface area contributed by atoms with Gasteiger partial charge < -0.3 is 19.0 Å². The molecular weight excluding hydrogens is 464 g/mol. The number of piperazine rings is 1. The molecule has 0 atom stereocenters. The van der Waals surface area contributed by atoms with Gasteiger partial charge in [0, 0.05) is 38.8 Å². The van der Waals surface area contributed by atoms with Crippen LogP contribution in [0.5, 0.6) is 0 Å². The van der Waals surface area contributed by atoms with E-state index in [-0.39, 0.29) is 48.8 Å². The van der Waals surface area contributed by atoms with E-state index in [1.165, 1.54) is 23.3 Å². The molecule has 13 nitrogen and oxygen atoms in total. The molecule has 2 aliphatic rings. The van der Waals surface area contributed by atoms with Gasteiger partial charge in [-0.1, -0.05) is 6.07 Å². The maximum atomic E-state index is 12.5. The molecule has 3 heterocycles. The fourth-order valence-electron chi connectivity index (χ4n) is 3.89. The lowest BCUT2D eigenvalue weighted by atomic mass is 10.1. The quantitative estimate of drug-likeness (QED) is 0.238. The lowest BCUT2D eigenvalue weighted by Crippen LogP contribution is -2.51. The molecule has 1 saturated heterocycles. The predicted molar refractivity (Wildman–Crippen MR) is 115 cm³/mol. The second-order valence-electron chi connectivity index (χ2n) is 7.78. The Morgan fingerprint density at radius 2 is 1.71 bits per heavy atom. The van der Waals surface area contributed by atoms with Gasteiger partial charge in [0.2, 0.25) is 0 Å². The fraction of sp³-hybridized carbons (Fsp3) is 0.318. The number of carbonyl (C=O) groups excluding carboxylic acids is 5. The average Bonchev–Trinajstić information content (AvgIpc) is 3.48. The Hall–Kier alpha value is -4.55. The van der Waals surface area contributed by atoms with E-state index in [0.29, 0.717) is 13.1 Å². The lowest BCUT2D eigenvalue weighted by molar-refractivity contribution is -0.385. The van der Waals surface area contributed by atoms with E-state index in [1.807, 2.05) is 0 Å². The van der Waals surface area contributed by atoms with Crippen molar-refractivity contribution < 1.29 is 38.1 Å². The Bertz CT molecular complexity index is 1200. The van der Waals surface area contributed by atoms with Crippen molar-refractivity contribution in [2.45, 2.75) is 6.42 Å². The first-order chi connectivity index (χ1) is 16.8. The van der Waals surface area contributed by atoms with E-state index in [2.05, 4.69) is 0 Å². The fourth-order valence-corrected chi connectivity index (χ4v) is 3.89. The molecule has 35 heavy (non-hydrogen) atoms. The molecule has 2 aliphatic heterocycles. The molecule has 1 aromatic carbocycles. The molecule has 1 fully saturated rings. The van der Waals surface area contributed by atoms with Crippen LogP contribution in [-0.2, 0) is 14.3 Å². The highest BCUT2D eigenvalue weighted by Gasteiger charge is 2.41. The first-order valence-corrected chi connectivity index (χ1v) is 10.7. The van der Waals surface area contributed by atoms with Crippen LogP contribution in [0.15, 0.2) is 41.0 Å². The van der Waals surface area contributed by atoms with E-state index in [1.54, 1.807) is 17.0 Å². The third kappa shape index (κ3) is 4.74. The molecule has 0 spiro atoms. The summed E-state index contributed by atoms with van der Waals surface area (Å²) in [5.41, 5.74) is -0.893. The summed E-state index contributed by atoms with van der Waals surface area (Å²) in [4.78, 5) is 75.9. The van der Waals surface area contributed by atoms with Gasteiger partial charge >= 0.3 is 5.97 Å². The molecule has 4 rings (SSSR count). The molecular formula is C22H20N4O9. The summed E-state index contributed by atoms with van der Waals surface area (Å²) < 4.78 is 10.1. The Morgan fingerprint density at radius 1 is 1.00 bits per heavy atom. The number of nitrogens with zero attached hydrogens (tertiary/aromatic N) is 4. The molecule has 0 bridgehead atoms. The smallest absolute Gasteiger partial charge is 0.308 e. The number of benzene rings is 1. The molecule has 1 aromatic heterocycles. The Kier molecular flexibility index (Phi) is 6.57. The van der Waals surface area contributed by atoms with Gasteiger partial charge in [0.25, 0.3) is 29.3 Å². The minimum absolute atomic E-state index is 0.0996. The van der Waals surface area contributed by atoms with Crippen LogP contribution in [-0.4, -0.2) is 88.6 Å². The van der Waals surface area contributed by atoms with Gasteiger partial charge in [-0.05, 0) is 18.2 Å². The zero-order chi connectivity index (χ0) is 25.1. The maximum Gasteiger partial charge on any atom is 0.308 e. The number of nitro groups is 1. The van der Waals surface area contributed by atoms with E-state index in [9.17, 15) is 34.1 Å². The molecule has 0 unspecified atom stereocenters. The van der Waals surface area contributed by atoms with Gasteiger partial charge in [-0.2, -0.15) is 0 Å². The van der Waals surface area contributed by atoms with Gasteiger partial charge in [0.1, 0.15) is 5.56 Å². The molecule has 2 aromatic rings. The van der Waals surface area contributed by atoms with Crippen molar-refractivity contribution in [3.05, 3.63) is 63.6 Å². The van der Waals surface area contributed by atoms with Crippen LogP contribution in [0.1, 0.15) is 37.7 Å². The predicted octanol–water partition coefficient (Wildman–Crippen LogP) is 0.702. The number of carbonyl (C=O) groups is 5. The first kappa shape index (κ1) is 23.6. The summed E-state index contributed by atoms with van der Waals surface area (Å²) in [5.74, 6) is -2.91. The second-order valence-corrected chi connectivity index (χ2v) is 7.78. The van der Waals surface area contributed by atoms with Crippen LogP contribution in [0.4, 0.5) is 5.69 Å². The van der Waals surface area contributed by atoms with Gasteiger partial charge in [-0.15, -0.1) is 0 Å². The van der Waals surface area contributed by atoms with Crippen molar-refractivity contribution in [2.75, 3.05) is 39.3 Å². The average molecular weight is 484 g/mol. The van der Waals surface area contributed by atoms with Crippen LogP contribution in [0, 0.1) is 10.1 Å². The van der Waals surface area contributed by atoms with E-state index >= 15 is 0 Å². The van der Waals surface area contributed by atoms with Gasteiger partial charge in [-0.3, -0.25) is 39.0 Å². The van der Waals surface area contributed by atoms with Gasteiger partial charge in [0.05, 0.1) is 23.2 Å². The molecule has 0 saturated carbocycles. The highest BCUT2D eigenvalue weighted by Crippen LogP contribution is 2.30. The van der Waals surface area contributed by atoms with Gasteiger partial charge in [-0.25, -0.2) is 0 Å². The van der Waals surface area contributed by atoms with E-state index in [4.69, 9.17) is 9.15 Å². The van der Waals surface area contributed by atoms with Crippen molar-refractivity contribution >= 4 is 35.3 Å². The Morgan fingerprint density at radius 3 is 2.37 bits per heavy atom. The monoisotopic (exact) mass is 484 g/mol. The third-order valence-corrected chi connectivity index (χ3v) is 5.72. The van der Waals surface area contributed by atoms with Crippen molar-refractivity contribution in [2.24, 2.45) is 0 Å². The van der Waals surface area contributed by atoms with Crippen molar-refractivity contribution in [1.29, 1.82) is 0 Å². The number of ether oxygens (including phenoxy) is 1. The van der Waals surface area contributed by atoms with Crippen molar-refractivity contribution in [3.63, 3.8) is 0 Å². The zero-order valence-corrected chi connectivity index (χ0v) is 18.4. The largest absolute Gasteiger partial charge is 0.459 e. The first-order valence-electron chi connectivity index (χ1n) is 10.7. The number of hydrogen-bond donors (Lipinski definition) is 0. The van der Waals surface area contributed by atoms with Crippen LogP contribution in [0.2, 0.25) is 0 Å². The number of amides is 4. The number of nitro benzene ring substituents is 1. The van der Waals surface area contributed by atoms with E-state index < -0.39 is 40.9 Å². The highest BCUT2D eigenvalue weighted by molar-refractivity contribution is 6.23. The molecule has 4 amide bonds. The van der Waals surface area contributed by atoms with Crippen molar-refractivity contribution in [1.82, 2.24) is 14.7 Å². The number of imide groups is 1. The highest BCUT2D eigenvalue weighted by atomic mass is 16.6. The maximum absolute atomic E-state index is 12.5. The SMILES string of the molecule is O=C(CCN1C(=O)c2cccc([N+](=O)[O-])c2C1=O)OCC(=O)N1CCN(C(=O)c2ccco2)CC1. The minimum atomic E-state index is -0.858. The number of hydrogen-bond acceptors (Lipinski definition) is 9. The number of furan rings is 1. The van der Waals surface area contributed by atoms with Crippen LogP contribution >= 0.6 is 0 Å². The number of rotatable bonds is 7. The lowest BCUT2D eigenvalue weighted by Gasteiger charge is -2.34. The summed E-state index contributed by atoms with van der Waals surface area (Å²) in [6, 6.07) is 6.90. The Balaban J connectivity index is 1.23. The van der Waals surface area contributed by atoms with Gasteiger partial charge in [0.15, 0.2) is 12.4 Å². The Labute approximate surface area is 198 Å². The second kappa shape index (κ2) is 9.75. The standard InChI is InChI=1S/C22H20N4O9/c27-17(23-8-10-24(11-9-23)21(30)16-5-2-12-34-16)13-35-18(28)6-7-25-20(29)14-3-1-4-15(26(32)33)19(14)22(25)31/h1-5,12H,6-11,13H2. The van der Waals surface area contributed by atoms with Crippen LogP contribution in [0.3, 0.4) is 0 Å². The summed E-state index contributed by atoms with van der Waals surface area (Å²) in [6.07, 6.45) is 1.03. The van der Waals surface area contributed by atoms with E-state index in [0.717, 1.165) is 11.0 Å². The van der Waals surface area contributed by atoms with Crippen molar-refractivity contribution in [3.8, 4) is 0 Å². The molecule has 13 heteroatoms. The minimum Gasteiger partial charge on any atom is -0.459 e. The molecule has 0 radical (unpaired) electrons. The van der Waals surface area contributed by atoms with Crippen LogP contribution in [0.25, 0.3) is 0 Å². The normalized spacial score (nSPS) is 15.3. The molecule has 0 aliphatic carbocycles. The summed E-state index contributed by atoms with van der Waals surface area (Å²) in [6.45, 7) is 0.242. The molecule has 182 valence electrons. The summed E-state index contributed by atoms with van der Waals surface area (Å²) in [5, 5.41) is 11.2. The number of esters is 1. The topological polar surface area (TPSA) is 161 Å². The van der Waals surface area contributed by atoms with Crippen LogP contribution < -0.4 is 0 Å².